The maximum atomic E-state index is 8.66. The van der Waals surface area contributed by atoms with E-state index in [0.717, 1.165) is 43.1 Å². The smallest absolute Gasteiger partial charge is 0.164 e. The monoisotopic (exact) mass is 507 g/mol. The first-order valence-electron chi connectivity index (χ1n) is 17.2. The van der Waals surface area contributed by atoms with E-state index in [-0.39, 0.29) is 28.6 Å². The molecule has 39 heavy (non-hydrogen) atoms. The average Bonchev–Trinajstić information content (AvgIpc) is 3.50. The molecule has 0 saturated heterocycles. The molecular formula is C35H19N3O. The summed E-state index contributed by atoms with van der Waals surface area (Å²) in [6.07, 6.45) is 0. The van der Waals surface area contributed by atoms with Crippen LogP contribution in [0.5, 0.6) is 0 Å². The summed E-state index contributed by atoms with van der Waals surface area (Å²) in [6.45, 7) is 0. The number of aromatic nitrogens is 3. The van der Waals surface area contributed by atoms with E-state index in [4.69, 9.17) is 28.1 Å². The maximum absolute atomic E-state index is 8.66. The number of nitrogens with zero attached hydrogens (tertiary/aromatic N) is 3. The fourth-order valence-electron chi connectivity index (χ4n) is 5.66. The van der Waals surface area contributed by atoms with Crippen LogP contribution in [0, 0.1) is 0 Å². The number of fused-ring (bicyclic) bond motifs is 1. The number of furan rings is 1. The first-order valence-corrected chi connectivity index (χ1v) is 12.2. The van der Waals surface area contributed by atoms with Crippen LogP contribution in [-0.4, -0.2) is 15.0 Å². The van der Waals surface area contributed by atoms with Crippen molar-refractivity contribution >= 4 is 54.3 Å². The second-order valence-corrected chi connectivity index (χ2v) is 9.28. The molecule has 0 bridgehead atoms. The molecule has 0 saturated carbocycles. The Labute approximate surface area is 236 Å². The highest BCUT2D eigenvalue weighted by Crippen LogP contribution is 2.48. The predicted octanol–water partition coefficient (Wildman–Crippen LogP) is 9.11. The fourth-order valence-corrected chi connectivity index (χ4v) is 5.66. The Morgan fingerprint density at radius 3 is 1.74 bits per heavy atom. The summed E-state index contributed by atoms with van der Waals surface area (Å²) in [6, 6.07) is 11.7. The average molecular weight is 508 g/mol. The van der Waals surface area contributed by atoms with Crippen LogP contribution in [0.3, 0.4) is 0 Å². The lowest BCUT2D eigenvalue weighted by molar-refractivity contribution is 0.669. The summed E-state index contributed by atoms with van der Waals surface area (Å²) < 4.78 is 90.3. The molecule has 0 atom stereocenters. The number of hydrogen-bond donors (Lipinski definition) is 0. The van der Waals surface area contributed by atoms with Crippen LogP contribution in [0.15, 0.2) is 119 Å². The molecule has 0 aliphatic heterocycles. The Kier molecular flexibility index (Phi) is 2.62. The lowest BCUT2D eigenvalue weighted by Crippen LogP contribution is -2.00. The van der Waals surface area contributed by atoms with Gasteiger partial charge in [-0.2, -0.15) is 0 Å². The summed E-state index contributed by atoms with van der Waals surface area (Å²) in [5.41, 5.74) is 1.16. The van der Waals surface area contributed by atoms with Crippen LogP contribution in [0.25, 0.3) is 88.4 Å². The number of rotatable bonds is 3. The van der Waals surface area contributed by atoms with E-state index in [9.17, 15) is 0 Å². The molecule has 7 aromatic carbocycles. The minimum absolute atomic E-state index is 0.00781. The predicted molar refractivity (Wildman–Crippen MR) is 158 cm³/mol. The van der Waals surface area contributed by atoms with Crippen LogP contribution in [-0.2, 0) is 0 Å². The summed E-state index contributed by atoms with van der Waals surface area (Å²) in [5, 5.41) is 7.43. The lowest BCUT2D eigenvalue weighted by Gasteiger charge is -2.15. The molecule has 2 aromatic heterocycles. The van der Waals surface area contributed by atoms with Crippen LogP contribution in [0.4, 0.5) is 0 Å². The van der Waals surface area contributed by atoms with Gasteiger partial charge in [0.15, 0.2) is 17.5 Å². The van der Waals surface area contributed by atoms with Crippen molar-refractivity contribution in [3.05, 3.63) is 115 Å². The Balaban J connectivity index is 1.46. The van der Waals surface area contributed by atoms with Crippen molar-refractivity contribution in [1.29, 1.82) is 0 Å². The van der Waals surface area contributed by atoms with Gasteiger partial charge in [-0.15, -0.1) is 0 Å². The van der Waals surface area contributed by atoms with Gasteiger partial charge in [-0.25, -0.2) is 15.0 Å². The molecular weight excluding hydrogens is 478 g/mol. The quantitative estimate of drug-likeness (QED) is 0.177. The minimum Gasteiger partial charge on any atom is -0.456 e. The molecule has 0 aliphatic carbocycles. The molecule has 9 aromatic rings. The van der Waals surface area contributed by atoms with Gasteiger partial charge < -0.3 is 4.42 Å². The molecule has 0 spiro atoms. The molecule has 0 unspecified atom stereocenters. The Bertz CT molecular complexity index is 2750. The second kappa shape index (κ2) is 7.59. The summed E-state index contributed by atoms with van der Waals surface area (Å²) in [4.78, 5) is 13.8. The number of benzene rings is 7. The van der Waals surface area contributed by atoms with Gasteiger partial charge in [0, 0.05) is 38.2 Å². The largest absolute Gasteiger partial charge is 0.456 e. The van der Waals surface area contributed by atoms with Gasteiger partial charge in [0.2, 0.25) is 0 Å². The van der Waals surface area contributed by atoms with Crippen molar-refractivity contribution in [2.24, 2.45) is 0 Å². The Morgan fingerprint density at radius 1 is 0.487 bits per heavy atom. The normalized spacial score (nSPS) is 15.7. The molecule has 0 fully saturated rings. The standard InChI is InChI=1S/C35H19N3O/c1-3-8-22(9-4-1)33-36-34(23-10-5-2-6-11-23)38-35(37-33)25-17-19-27-32-30(25)24-13-7-12-20-14-15-21-16-18-26(39-27)31(32)29(21)28(20)24/h1-19H/i1D,2D,3D,4D,5D,6D,8D,9D,10D,11D. The summed E-state index contributed by atoms with van der Waals surface area (Å²) in [7, 11) is 0. The van der Waals surface area contributed by atoms with Gasteiger partial charge >= 0.3 is 0 Å². The third-order valence-corrected chi connectivity index (χ3v) is 7.22. The van der Waals surface area contributed by atoms with Crippen LogP contribution in [0.2, 0.25) is 0 Å². The zero-order chi connectivity index (χ0) is 34.2. The molecule has 4 nitrogen and oxygen atoms in total. The van der Waals surface area contributed by atoms with Crippen LogP contribution < -0.4 is 0 Å². The first-order chi connectivity index (χ1) is 23.5. The van der Waals surface area contributed by atoms with Crippen molar-refractivity contribution in [2.75, 3.05) is 0 Å². The van der Waals surface area contributed by atoms with Gasteiger partial charge in [-0.3, -0.25) is 0 Å². The van der Waals surface area contributed by atoms with E-state index in [2.05, 4.69) is 11.1 Å². The topological polar surface area (TPSA) is 51.8 Å². The second-order valence-electron chi connectivity index (χ2n) is 9.28. The van der Waals surface area contributed by atoms with E-state index in [1.54, 1.807) is 12.1 Å². The highest BCUT2D eigenvalue weighted by atomic mass is 16.3. The maximum Gasteiger partial charge on any atom is 0.164 e. The van der Waals surface area contributed by atoms with E-state index in [0.29, 0.717) is 16.7 Å². The van der Waals surface area contributed by atoms with Gasteiger partial charge in [0.05, 0.1) is 13.7 Å². The zero-order valence-corrected chi connectivity index (χ0v) is 19.9. The van der Waals surface area contributed by atoms with E-state index < -0.39 is 60.4 Å². The highest BCUT2D eigenvalue weighted by molar-refractivity contribution is 6.40. The summed E-state index contributed by atoms with van der Waals surface area (Å²) >= 11 is 0. The highest BCUT2D eigenvalue weighted by Gasteiger charge is 2.23. The fraction of sp³-hybridized carbons (Fsp3) is 0. The van der Waals surface area contributed by atoms with Crippen LogP contribution >= 0.6 is 0 Å². The molecule has 4 heteroatoms. The molecule has 0 aliphatic rings. The third-order valence-electron chi connectivity index (χ3n) is 7.22. The third kappa shape index (κ3) is 2.85. The van der Waals surface area contributed by atoms with Crippen molar-refractivity contribution in [1.82, 2.24) is 15.0 Å². The first kappa shape index (κ1) is 13.4. The molecule has 0 N–H and O–H groups in total. The van der Waals surface area contributed by atoms with E-state index in [1.165, 1.54) is 0 Å². The molecule has 180 valence electrons. The Hall–Kier alpha value is -5.35. The van der Waals surface area contributed by atoms with Crippen molar-refractivity contribution in [3.8, 4) is 34.2 Å². The molecule has 9 rings (SSSR count). The minimum atomic E-state index is -0.601. The molecule has 0 radical (unpaired) electrons. The van der Waals surface area contributed by atoms with E-state index >= 15 is 0 Å². The SMILES string of the molecule is [2H]c1c([2H])c([2H])c(-c2nc(-c3c([2H])c([2H])c([2H])c([2H])c3[2H])nc(-c3ccc4oc5ccc6ccc7cccc8c3c4c5c6c78)n2)c([2H])c1[2H]. The van der Waals surface area contributed by atoms with Crippen LogP contribution in [0.1, 0.15) is 13.7 Å². The summed E-state index contributed by atoms with van der Waals surface area (Å²) in [5.74, 6) is -0.622. The van der Waals surface area contributed by atoms with E-state index in [1.807, 2.05) is 36.4 Å². The van der Waals surface area contributed by atoms with Crippen molar-refractivity contribution in [2.45, 2.75) is 0 Å². The van der Waals surface area contributed by atoms with Gasteiger partial charge in [0.1, 0.15) is 11.2 Å². The zero-order valence-electron chi connectivity index (χ0n) is 29.9. The van der Waals surface area contributed by atoms with Crippen molar-refractivity contribution < 1.29 is 18.1 Å². The molecule has 2 heterocycles. The Morgan fingerprint density at radius 2 is 1.05 bits per heavy atom. The van der Waals surface area contributed by atoms with Crippen molar-refractivity contribution in [3.63, 3.8) is 0 Å². The lowest BCUT2D eigenvalue weighted by atomic mass is 9.87. The molecule has 0 amide bonds. The number of hydrogen-bond acceptors (Lipinski definition) is 4. The van der Waals surface area contributed by atoms with Gasteiger partial charge in [-0.05, 0) is 39.7 Å². The van der Waals surface area contributed by atoms with Gasteiger partial charge in [0.25, 0.3) is 0 Å². The van der Waals surface area contributed by atoms with Gasteiger partial charge in [-0.1, -0.05) is 96.8 Å².